The maximum Gasteiger partial charge on any atom is 0.127 e. The molecule has 3 heteroatoms. The molecule has 3 aliphatic heterocycles. The fraction of sp³-hybridized carbons (Fsp3) is 1.00. The second kappa shape index (κ2) is 4.44. The number of hydrogen-bond donors (Lipinski definition) is 0. The summed E-state index contributed by atoms with van der Waals surface area (Å²) >= 11 is 0. The van der Waals surface area contributed by atoms with E-state index in [1.165, 1.54) is 38.8 Å². The highest BCUT2D eigenvalue weighted by Crippen LogP contribution is 2.50. The van der Waals surface area contributed by atoms with Gasteiger partial charge in [-0.25, -0.2) is 0 Å². The van der Waals surface area contributed by atoms with Gasteiger partial charge in [0.2, 0.25) is 0 Å². The van der Waals surface area contributed by atoms with Gasteiger partial charge >= 0.3 is 0 Å². The number of likely N-dealkylation sites (N-methyl/N-ethyl adjacent to an activating group) is 1. The molecule has 4 fully saturated rings. The average molecular weight is 278 g/mol. The molecule has 0 N–H and O–H groups in total. The summed E-state index contributed by atoms with van der Waals surface area (Å²) in [5, 5.41) is 0. The molecule has 4 rings (SSSR count). The molecule has 3 saturated heterocycles. The maximum atomic E-state index is 6.69. The van der Waals surface area contributed by atoms with Crippen LogP contribution in [0.4, 0.5) is 0 Å². The van der Waals surface area contributed by atoms with Crippen molar-refractivity contribution in [1.29, 1.82) is 0 Å². The van der Waals surface area contributed by atoms with Crippen LogP contribution in [-0.4, -0.2) is 53.8 Å². The van der Waals surface area contributed by atoms with Crippen LogP contribution in [-0.2, 0) is 4.74 Å². The lowest BCUT2D eigenvalue weighted by Crippen LogP contribution is -2.65. The van der Waals surface area contributed by atoms with Crippen molar-refractivity contribution in [1.82, 2.24) is 9.80 Å². The molecule has 20 heavy (non-hydrogen) atoms. The molecule has 3 nitrogen and oxygen atoms in total. The number of fused-ring (bicyclic) bond motifs is 4. The Morgan fingerprint density at radius 1 is 1.15 bits per heavy atom. The molecule has 0 bridgehead atoms. The summed E-state index contributed by atoms with van der Waals surface area (Å²) in [5.41, 5.74) is 0.318. The molecule has 1 aliphatic carbocycles. The largest absolute Gasteiger partial charge is 0.358 e. The SMILES string of the molecule is C[C@@H]1CC[C@@H]2[C@@H](C1)O[C@H]1[C@H]3[C@H](CCN3C)CN1C2(C)C. The Kier molecular flexibility index (Phi) is 3.00. The minimum atomic E-state index is 0.318. The molecule has 0 aromatic rings. The van der Waals surface area contributed by atoms with E-state index in [0.29, 0.717) is 23.9 Å². The van der Waals surface area contributed by atoms with Gasteiger partial charge in [0.15, 0.2) is 0 Å². The molecular formula is C17H30N2O. The number of nitrogens with zero attached hydrogens (tertiary/aromatic N) is 2. The fourth-order valence-electron chi connectivity index (χ4n) is 5.64. The first-order chi connectivity index (χ1) is 9.48. The van der Waals surface area contributed by atoms with Crippen molar-refractivity contribution in [2.24, 2.45) is 17.8 Å². The van der Waals surface area contributed by atoms with Crippen LogP contribution in [0.3, 0.4) is 0 Å². The van der Waals surface area contributed by atoms with Gasteiger partial charge in [-0.1, -0.05) is 13.3 Å². The standard InChI is InChI=1S/C17H30N2O/c1-11-5-6-13-14(9-11)20-16-15-12(7-8-18(15)4)10-19(16)17(13,2)3/h11-16H,5-10H2,1-4H3/t11-,12-,13-,14-,15-,16+/m1/s1. The summed E-state index contributed by atoms with van der Waals surface area (Å²) in [6.45, 7) is 9.88. The molecule has 1 saturated carbocycles. The van der Waals surface area contributed by atoms with Crippen LogP contribution in [0, 0.1) is 17.8 Å². The summed E-state index contributed by atoms with van der Waals surface area (Å²) in [5.74, 6) is 2.41. The van der Waals surface area contributed by atoms with Crippen molar-refractivity contribution in [2.75, 3.05) is 20.1 Å². The molecule has 0 unspecified atom stereocenters. The molecule has 0 aromatic heterocycles. The summed E-state index contributed by atoms with van der Waals surface area (Å²) < 4.78 is 6.69. The van der Waals surface area contributed by atoms with Crippen molar-refractivity contribution < 1.29 is 4.74 Å². The Balaban J connectivity index is 1.64. The third-order valence-corrected chi connectivity index (χ3v) is 6.89. The maximum absolute atomic E-state index is 6.69. The van der Waals surface area contributed by atoms with Gasteiger partial charge in [0.25, 0.3) is 0 Å². The van der Waals surface area contributed by atoms with E-state index in [2.05, 4.69) is 37.6 Å². The third kappa shape index (κ3) is 1.75. The molecule has 6 atom stereocenters. The Hall–Kier alpha value is -0.120. The Labute approximate surface area is 123 Å². The normalized spacial score (nSPS) is 51.6. The molecule has 0 radical (unpaired) electrons. The van der Waals surface area contributed by atoms with E-state index >= 15 is 0 Å². The van der Waals surface area contributed by atoms with E-state index in [0.717, 1.165) is 17.8 Å². The quantitative estimate of drug-likeness (QED) is 0.677. The first kappa shape index (κ1) is 13.5. The number of rotatable bonds is 0. The van der Waals surface area contributed by atoms with Crippen molar-refractivity contribution in [2.45, 2.75) is 70.4 Å². The highest BCUT2D eigenvalue weighted by atomic mass is 16.5. The van der Waals surface area contributed by atoms with Gasteiger partial charge in [-0.3, -0.25) is 9.80 Å². The lowest BCUT2D eigenvalue weighted by Gasteiger charge is -2.56. The van der Waals surface area contributed by atoms with E-state index in [-0.39, 0.29) is 0 Å². The first-order valence-corrected chi connectivity index (χ1v) is 8.61. The van der Waals surface area contributed by atoms with Gasteiger partial charge in [0.05, 0.1) is 12.1 Å². The number of ether oxygens (including phenoxy) is 1. The number of likely N-dealkylation sites (tertiary alicyclic amines) is 1. The molecule has 0 aromatic carbocycles. The van der Waals surface area contributed by atoms with E-state index < -0.39 is 0 Å². The lowest BCUT2D eigenvalue weighted by atomic mass is 9.70. The predicted octanol–water partition coefficient (Wildman–Crippen LogP) is 2.56. The van der Waals surface area contributed by atoms with Gasteiger partial charge in [0, 0.05) is 18.0 Å². The molecular weight excluding hydrogens is 248 g/mol. The van der Waals surface area contributed by atoms with Crippen molar-refractivity contribution in [3.8, 4) is 0 Å². The second-order valence-corrected chi connectivity index (χ2v) is 8.42. The molecule has 0 amide bonds. The summed E-state index contributed by atoms with van der Waals surface area (Å²) in [4.78, 5) is 5.27. The third-order valence-electron chi connectivity index (χ3n) is 6.89. The number of hydrogen-bond acceptors (Lipinski definition) is 3. The van der Waals surface area contributed by atoms with Gasteiger partial charge in [-0.15, -0.1) is 0 Å². The van der Waals surface area contributed by atoms with Gasteiger partial charge in [-0.2, -0.15) is 0 Å². The highest BCUT2D eigenvalue weighted by molar-refractivity contribution is 5.09. The van der Waals surface area contributed by atoms with E-state index in [1.54, 1.807) is 0 Å². The van der Waals surface area contributed by atoms with Crippen molar-refractivity contribution in [3.05, 3.63) is 0 Å². The Bertz CT molecular complexity index is 396. The fourth-order valence-corrected chi connectivity index (χ4v) is 5.64. The topological polar surface area (TPSA) is 15.7 Å². The van der Waals surface area contributed by atoms with Crippen molar-refractivity contribution >= 4 is 0 Å². The monoisotopic (exact) mass is 278 g/mol. The minimum absolute atomic E-state index is 0.318. The van der Waals surface area contributed by atoms with Crippen LogP contribution in [0.15, 0.2) is 0 Å². The Morgan fingerprint density at radius 2 is 1.95 bits per heavy atom. The molecule has 3 heterocycles. The Morgan fingerprint density at radius 3 is 2.75 bits per heavy atom. The van der Waals surface area contributed by atoms with Gasteiger partial charge in [0.1, 0.15) is 6.23 Å². The highest BCUT2D eigenvalue weighted by Gasteiger charge is 2.58. The smallest absolute Gasteiger partial charge is 0.127 e. The van der Waals surface area contributed by atoms with Crippen molar-refractivity contribution in [3.63, 3.8) is 0 Å². The second-order valence-electron chi connectivity index (χ2n) is 8.42. The van der Waals surface area contributed by atoms with E-state index in [4.69, 9.17) is 4.74 Å². The summed E-state index contributed by atoms with van der Waals surface area (Å²) in [6.07, 6.45) is 6.24. The molecule has 114 valence electrons. The van der Waals surface area contributed by atoms with E-state index in [9.17, 15) is 0 Å². The average Bonchev–Trinajstić information content (AvgIpc) is 2.91. The summed E-state index contributed by atoms with van der Waals surface area (Å²) in [6, 6.07) is 0.646. The van der Waals surface area contributed by atoms with Crippen LogP contribution in [0.1, 0.15) is 46.5 Å². The van der Waals surface area contributed by atoms with Crippen LogP contribution >= 0.6 is 0 Å². The zero-order valence-corrected chi connectivity index (χ0v) is 13.5. The minimum Gasteiger partial charge on any atom is -0.358 e. The van der Waals surface area contributed by atoms with E-state index in [1.807, 2.05) is 0 Å². The zero-order valence-electron chi connectivity index (χ0n) is 13.5. The van der Waals surface area contributed by atoms with Gasteiger partial charge in [-0.05, 0) is 58.5 Å². The van der Waals surface area contributed by atoms with Crippen LogP contribution < -0.4 is 0 Å². The zero-order chi connectivity index (χ0) is 14.1. The predicted molar refractivity (Wildman–Crippen MR) is 80.5 cm³/mol. The van der Waals surface area contributed by atoms with Crippen LogP contribution in [0.5, 0.6) is 0 Å². The van der Waals surface area contributed by atoms with Gasteiger partial charge < -0.3 is 4.74 Å². The van der Waals surface area contributed by atoms with Crippen LogP contribution in [0.25, 0.3) is 0 Å². The summed E-state index contributed by atoms with van der Waals surface area (Å²) in [7, 11) is 2.29. The van der Waals surface area contributed by atoms with Crippen LogP contribution in [0.2, 0.25) is 0 Å². The lowest BCUT2D eigenvalue weighted by molar-refractivity contribution is -0.229. The molecule has 4 aliphatic rings. The molecule has 0 spiro atoms. The first-order valence-electron chi connectivity index (χ1n) is 8.61.